The minimum atomic E-state index is 0.377. The molecule has 1 saturated carbocycles. The van der Waals surface area contributed by atoms with Crippen LogP contribution in [0.4, 0.5) is 5.82 Å². The van der Waals surface area contributed by atoms with Crippen LogP contribution >= 0.6 is 0 Å². The number of aryl methyl sites for hydroxylation is 1. The van der Waals surface area contributed by atoms with Gasteiger partial charge in [0.25, 0.3) is 0 Å². The van der Waals surface area contributed by atoms with Crippen LogP contribution < -0.4 is 9.64 Å². The number of allylic oxidation sites excluding steroid dienone is 2. The van der Waals surface area contributed by atoms with E-state index in [0.29, 0.717) is 19.1 Å². The zero-order valence-electron chi connectivity index (χ0n) is 21.6. The zero-order chi connectivity index (χ0) is 25.6. The maximum Gasteiger partial charge on any atom is 0.136 e. The summed E-state index contributed by atoms with van der Waals surface area (Å²) in [5.41, 5.74) is 9.54. The Bertz CT molecular complexity index is 1630. The fraction of sp³-hybridized carbons (Fsp3) is 0.355. The molecular formula is C31H30N6O. The van der Waals surface area contributed by atoms with E-state index in [4.69, 9.17) is 14.7 Å². The Morgan fingerprint density at radius 3 is 2.87 bits per heavy atom. The number of benzene rings is 2. The maximum atomic E-state index is 10.1. The first-order valence-corrected chi connectivity index (χ1v) is 13.6. The summed E-state index contributed by atoms with van der Waals surface area (Å²) in [6.07, 6.45) is 8.15. The van der Waals surface area contributed by atoms with Crippen molar-refractivity contribution in [2.75, 3.05) is 18.1 Å². The summed E-state index contributed by atoms with van der Waals surface area (Å²) in [6.45, 7) is 4.00. The van der Waals surface area contributed by atoms with Crippen molar-refractivity contribution in [3.8, 4) is 22.9 Å². The van der Waals surface area contributed by atoms with Crippen LogP contribution in [0.1, 0.15) is 67.1 Å². The number of nitrogens with zero attached hydrogens (tertiary/aromatic N) is 5. The van der Waals surface area contributed by atoms with E-state index < -0.39 is 0 Å². The molecule has 2 bridgehead atoms. The van der Waals surface area contributed by atoms with Gasteiger partial charge in [0.2, 0.25) is 0 Å². The minimum absolute atomic E-state index is 0.377. The van der Waals surface area contributed by atoms with Crippen LogP contribution in [0.15, 0.2) is 48.3 Å². The standard InChI is InChI=1S/C31H30N6O/c1-19-35-26-10-8-23(15-27(26)36-19)22-9-11-28-24(14-22)17-37(12-13-38-28)31-29-21-5-3-2-4-20(6-7-21)25(16-32)30(29)33-18-34-31/h8-11,14-15,18,21H,2-7,12-13,17H2,1H3,(H,35,36). The lowest BCUT2D eigenvalue weighted by Gasteiger charge is -2.28. The number of fused-ring (bicyclic) bond motifs is 7. The Morgan fingerprint density at radius 2 is 1.95 bits per heavy atom. The number of nitrogens with one attached hydrogen (secondary N) is 1. The molecule has 2 aromatic heterocycles. The van der Waals surface area contributed by atoms with Gasteiger partial charge in [-0.25, -0.2) is 15.0 Å². The van der Waals surface area contributed by atoms with Gasteiger partial charge in [-0.3, -0.25) is 0 Å². The van der Waals surface area contributed by atoms with Crippen LogP contribution in [-0.2, 0) is 6.54 Å². The third kappa shape index (κ3) is 3.92. The molecule has 1 aliphatic heterocycles. The second kappa shape index (κ2) is 9.29. The van der Waals surface area contributed by atoms with Gasteiger partial charge in [0.05, 0.1) is 28.8 Å². The van der Waals surface area contributed by atoms with Crippen molar-refractivity contribution in [3.05, 3.63) is 70.9 Å². The van der Waals surface area contributed by atoms with Crippen LogP contribution in [0.5, 0.6) is 5.75 Å². The summed E-state index contributed by atoms with van der Waals surface area (Å²) in [5.74, 6) is 3.18. The van der Waals surface area contributed by atoms with E-state index in [1.165, 1.54) is 17.6 Å². The number of nitriles is 1. The van der Waals surface area contributed by atoms with Crippen molar-refractivity contribution in [2.24, 2.45) is 0 Å². The van der Waals surface area contributed by atoms with Crippen molar-refractivity contribution in [3.63, 3.8) is 0 Å². The van der Waals surface area contributed by atoms with Gasteiger partial charge < -0.3 is 14.6 Å². The van der Waals surface area contributed by atoms with Crippen molar-refractivity contribution in [2.45, 2.75) is 57.9 Å². The number of anilines is 1. The summed E-state index contributed by atoms with van der Waals surface area (Å²) < 4.78 is 6.21. The molecular weight excluding hydrogens is 472 g/mol. The van der Waals surface area contributed by atoms with Crippen LogP contribution in [0, 0.1) is 18.3 Å². The third-order valence-corrected chi connectivity index (χ3v) is 8.32. The molecule has 0 spiro atoms. The second-order valence-corrected chi connectivity index (χ2v) is 10.7. The van der Waals surface area contributed by atoms with E-state index in [-0.39, 0.29) is 0 Å². The van der Waals surface area contributed by atoms with Gasteiger partial charge in [-0.15, -0.1) is 0 Å². The fourth-order valence-corrected chi connectivity index (χ4v) is 6.47. The molecule has 7 nitrogen and oxygen atoms in total. The first-order chi connectivity index (χ1) is 18.7. The Kier molecular flexibility index (Phi) is 5.61. The fourth-order valence-electron chi connectivity index (χ4n) is 6.47. The minimum Gasteiger partial charge on any atom is -0.491 e. The van der Waals surface area contributed by atoms with Crippen LogP contribution in [0.3, 0.4) is 0 Å². The molecule has 2 aliphatic carbocycles. The number of ether oxygens (including phenoxy) is 1. The van der Waals surface area contributed by atoms with E-state index in [9.17, 15) is 5.26 Å². The first kappa shape index (κ1) is 23.0. The van der Waals surface area contributed by atoms with Gasteiger partial charge >= 0.3 is 0 Å². The molecule has 3 aliphatic rings. The molecule has 0 amide bonds. The molecule has 0 saturated heterocycles. The van der Waals surface area contributed by atoms with Crippen LogP contribution in [0.2, 0.25) is 0 Å². The Labute approximate surface area is 222 Å². The highest BCUT2D eigenvalue weighted by molar-refractivity contribution is 5.83. The van der Waals surface area contributed by atoms with Crippen molar-refractivity contribution >= 4 is 22.4 Å². The number of hydrogen-bond donors (Lipinski definition) is 1. The third-order valence-electron chi connectivity index (χ3n) is 8.32. The highest BCUT2D eigenvalue weighted by Gasteiger charge is 2.32. The van der Waals surface area contributed by atoms with Gasteiger partial charge in [0.15, 0.2) is 0 Å². The Balaban J connectivity index is 1.29. The Morgan fingerprint density at radius 1 is 1.05 bits per heavy atom. The number of aromatic nitrogens is 4. The molecule has 7 rings (SSSR count). The van der Waals surface area contributed by atoms with Gasteiger partial charge in [-0.2, -0.15) is 5.26 Å². The molecule has 38 heavy (non-hydrogen) atoms. The van der Waals surface area contributed by atoms with E-state index in [0.717, 1.165) is 95.0 Å². The highest BCUT2D eigenvalue weighted by atomic mass is 16.5. The van der Waals surface area contributed by atoms with Crippen LogP contribution in [-0.4, -0.2) is 33.1 Å². The SMILES string of the molecule is Cc1nc2ccc(-c3ccc4c(c3)CN(c3ncnc5c3C3CCCCC(=C5C#N)CC3)CCO4)cc2[nH]1. The Hall–Kier alpha value is -4.18. The maximum absolute atomic E-state index is 10.1. The van der Waals surface area contributed by atoms with Gasteiger partial charge in [0.1, 0.15) is 36.4 Å². The molecule has 1 fully saturated rings. The van der Waals surface area contributed by atoms with E-state index in [2.05, 4.69) is 57.3 Å². The van der Waals surface area contributed by atoms with Gasteiger partial charge in [0, 0.05) is 17.7 Å². The van der Waals surface area contributed by atoms with Gasteiger partial charge in [-0.1, -0.05) is 24.1 Å². The number of H-pyrrole nitrogens is 1. The lowest BCUT2D eigenvalue weighted by atomic mass is 9.86. The quantitative estimate of drug-likeness (QED) is 0.338. The average Bonchev–Trinajstić information content (AvgIpc) is 3.09. The highest BCUT2D eigenvalue weighted by Crippen LogP contribution is 2.45. The molecule has 1 unspecified atom stereocenters. The molecule has 190 valence electrons. The lowest BCUT2D eigenvalue weighted by molar-refractivity contribution is 0.331. The lowest BCUT2D eigenvalue weighted by Crippen LogP contribution is -2.28. The first-order valence-electron chi connectivity index (χ1n) is 13.6. The zero-order valence-corrected chi connectivity index (χ0v) is 21.6. The predicted molar refractivity (Wildman–Crippen MR) is 148 cm³/mol. The van der Waals surface area contributed by atoms with E-state index >= 15 is 0 Å². The van der Waals surface area contributed by atoms with Crippen LogP contribution in [0.25, 0.3) is 27.7 Å². The normalized spacial score (nSPS) is 19.1. The van der Waals surface area contributed by atoms with E-state index in [1.54, 1.807) is 6.33 Å². The van der Waals surface area contributed by atoms with Gasteiger partial charge in [-0.05, 0) is 80.3 Å². The average molecular weight is 503 g/mol. The monoisotopic (exact) mass is 502 g/mol. The van der Waals surface area contributed by atoms with Crippen molar-refractivity contribution in [1.29, 1.82) is 5.26 Å². The smallest absolute Gasteiger partial charge is 0.136 e. The summed E-state index contributed by atoms with van der Waals surface area (Å²) in [5, 5.41) is 10.1. The largest absolute Gasteiger partial charge is 0.491 e. The number of rotatable bonds is 2. The molecule has 2 aromatic carbocycles. The summed E-state index contributed by atoms with van der Waals surface area (Å²) in [7, 11) is 0. The topological polar surface area (TPSA) is 90.7 Å². The number of imidazole rings is 1. The number of hydrogen-bond acceptors (Lipinski definition) is 6. The predicted octanol–water partition coefficient (Wildman–Crippen LogP) is 6.46. The molecule has 1 N–H and O–H groups in total. The summed E-state index contributed by atoms with van der Waals surface area (Å²) in [4.78, 5) is 19.8. The van der Waals surface area contributed by atoms with Crippen molar-refractivity contribution < 1.29 is 4.74 Å². The molecule has 3 heterocycles. The second-order valence-electron chi connectivity index (χ2n) is 10.7. The molecule has 4 aromatic rings. The molecule has 0 radical (unpaired) electrons. The molecule has 1 atom stereocenters. The summed E-state index contributed by atoms with van der Waals surface area (Å²) in [6, 6.07) is 15.3. The molecule has 7 heteroatoms. The summed E-state index contributed by atoms with van der Waals surface area (Å²) >= 11 is 0. The van der Waals surface area contributed by atoms with E-state index in [1.807, 2.05) is 6.92 Å². The van der Waals surface area contributed by atoms with Crippen molar-refractivity contribution in [1.82, 2.24) is 19.9 Å². The number of aromatic amines is 1.